The summed E-state index contributed by atoms with van der Waals surface area (Å²) in [6.45, 7) is 0. The van der Waals surface area contributed by atoms with E-state index < -0.39 is 10.0 Å². The summed E-state index contributed by atoms with van der Waals surface area (Å²) in [6.07, 6.45) is 8.51. The second kappa shape index (κ2) is 5.84. The summed E-state index contributed by atoms with van der Waals surface area (Å²) in [5.41, 5.74) is 2.45. The van der Waals surface area contributed by atoms with Gasteiger partial charge in [0.05, 0.1) is 11.0 Å². The standard InChI is InChI=1S/C15H21NO3S/c17-20(18,16-19-14-7-3-4-8-14)15-10-9-12-5-1-2-6-13(12)11-15/h9-11,14,16H,1-8H2. The quantitative estimate of drug-likeness (QED) is 0.869. The Balaban J connectivity index is 1.73. The number of rotatable bonds is 4. The summed E-state index contributed by atoms with van der Waals surface area (Å²) < 4.78 is 24.5. The van der Waals surface area contributed by atoms with Crippen LogP contribution >= 0.6 is 0 Å². The van der Waals surface area contributed by atoms with Crippen molar-refractivity contribution in [2.45, 2.75) is 62.4 Å². The van der Waals surface area contributed by atoms with Gasteiger partial charge in [0, 0.05) is 0 Å². The molecule has 0 atom stereocenters. The van der Waals surface area contributed by atoms with E-state index in [2.05, 4.69) is 4.89 Å². The van der Waals surface area contributed by atoms with Gasteiger partial charge < -0.3 is 0 Å². The fraction of sp³-hybridized carbons (Fsp3) is 0.600. The number of hydrogen-bond acceptors (Lipinski definition) is 3. The summed E-state index contributed by atoms with van der Waals surface area (Å²) in [5, 5.41) is 0. The van der Waals surface area contributed by atoms with Crippen molar-refractivity contribution in [3.05, 3.63) is 29.3 Å². The lowest BCUT2D eigenvalue weighted by Gasteiger charge is -2.17. The minimum atomic E-state index is -3.55. The Bertz CT molecular complexity index is 577. The molecule has 1 aromatic carbocycles. The van der Waals surface area contributed by atoms with E-state index in [0.29, 0.717) is 4.90 Å². The number of aryl methyl sites for hydroxylation is 2. The SMILES string of the molecule is O=S(=O)(NOC1CCCC1)c1ccc2c(c1)CCCC2. The van der Waals surface area contributed by atoms with Gasteiger partial charge in [-0.25, -0.2) is 8.42 Å². The maximum Gasteiger partial charge on any atom is 0.262 e. The molecule has 2 aliphatic carbocycles. The minimum absolute atomic E-state index is 0.0300. The summed E-state index contributed by atoms with van der Waals surface area (Å²) in [6, 6.07) is 5.43. The minimum Gasteiger partial charge on any atom is -0.284 e. The highest BCUT2D eigenvalue weighted by atomic mass is 32.2. The third kappa shape index (κ3) is 3.05. The van der Waals surface area contributed by atoms with Crippen molar-refractivity contribution in [1.82, 2.24) is 4.89 Å². The number of nitrogens with one attached hydrogen (secondary N) is 1. The summed E-state index contributed by atoms with van der Waals surface area (Å²) in [4.78, 5) is 7.94. The fourth-order valence-electron chi connectivity index (χ4n) is 3.06. The highest BCUT2D eigenvalue weighted by Gasteiger charge is 2.21. The topological polar surface area (TPSA) is 55.4 Å². The lowest BCUT2D eigenvalue weighted by molar-refractivity contribution is 0.0223. The molecule has 1 aromatic rings. The molecule has 4 nitrogen and oxygen atoms in total. The molecule has 110 valence electrons. The van der Waals surface area contributed by atoms with Gasteiger partial charge in [0.15, 0.2) is 0 Å². The van der Waals surface area contributed by atoms with Gasteiger partial charge in [-0.15, -0.1) is 0 Å². The first-order valence-corrected chi connectivity index (χ1v) is 8.93. The molecule has 0 amide bonds. The molecule has 0 aromatic heterocycles. The maximum atomic E-state index is 12.2. The Morgan fingerprint density at radius 1 is 1.00 bits per heavy atom. The van der Waals surface area contributed by atoms with Gasteiger partial charge >= 0.3 is 0 Å². The van der Waals surface area contributed by atoms with Crippen LogP contribution in [0.5, 0.6) is 0 Å². The molecular weight excluding hydrogens is 274 g/mol. The average Bonchev–Trinajstić information content (AvgIpc) is 2.98. The van der Waals surface area contributed by atoms with E-state index in [1.165, 1.54) is 17.5 Å². The molecule has 0 saturated heterocycles. The van der Waals surface area contributed by atoms with Crippen molar-refractivity contribution >= 4 is 10.0 Å². The molecule has 20 heavy (non-hydrogen) atoms. The van der Waals surface area contributed by atoms with Gasteiger partial charge in [-0.2, -0.15) is 0 Å². The molecule has 0 radical (unpaired) electrons. The molecule has 1 fully saturated rings. The van der Waals surface area contributed by atoms with Crippen LogP contribution in [0.4, 0.5) is 0 Å². The molecule has 3 rings (SSSR count). The molecule has 1 N–H and O–H groups in total. The van der Waals surface area contributed by atoms with Crippen molar-refractivity contribution in [1.29, 1.82) is 0 Å². The van der Waals surface area contributed by atoms with E-state index in [9.17, 15) is 8.42 Å². The van der Waals surface area contributed by atoms with Gasteiger partial charge in [-0.05, 0) is 61.8 Å². The van der Waals surface area contributed by atoms with Crippen LogP contribution in [-0.2, 0) is 27.7 Å². The Hall–Kier alpha value is -0.910. The predicted octanol–water partition coefficient (Wildman–Crippen LogP) is 2.72. The van der Waals surface area contributed by atoms with Crippen LogP contribution in [-0.4, -0.2) is 14.5 Å². The Morgan fingerprint density at radius 3 is 2.45 bits per heavy atom. The zero-order valence-corrected chi connectivity index (χ0v) is 12.4. The largest absolute Gasteiger partial charge is 0.284 e. The number of benzene rings is 1. The lowest BCUT2D eigenvalue weighted by Crippen LogP contribution is -2.28. The van der Waals surface area contributed by atoms with E-state index in [0.717, 1.165) is 44.9 Å². The van der Waals surface area contributed by atoms with Crippen LogP contribution < -0.4 is 4.89 Å². The predicted molar refractivity (Wildman–Crippen MR) is 76.7 cm³/mol. The summed E-state index contributed by atoms with van der Waals surface area (Å²) >= 11 is 0. The third-order valence-electron chi connectivity index (χ3n) is 4.26. The number of sulfonamides is 1. The molecular formula is C15H21NO3S. The monoisotopic (exact) mass is 295 g/mol. The van der Waals surface area contributed by atoms with Crippen molar-refractivity contribution < 1.29 is 13.3 Å². The van der Waals surface area contributed by atoms with E-state index in [4.69, 9.17) is 4.84 Å². The maximum absolute atomic E-state index is 12.2. The number of hydrogen-bond donors (Lipinski definition) is 1. The second-order valence-electron chi connectivity index (χ2n) is 5.75. The van der Waals surface area contributed by atoms with E-state index in [-0.39, 0.29) is 6.10 Å². The Kier molecular flexibility index (Phi) is 4.10. The average molecular weight is 295 g/mol. The van der Waals surface area contributed by atoms with Crippen LogP contribution in [0.1, 0.15) is 49.7 Å². The molecule has 0 spiro atoms. The third-order valence-corrected chi connectivity index (χ3v) is 5.45. The summed E-state index contributed by atoms with van der Waals surface area (Å²) in [5.74, 6) is 0. The molecule has 2 aliphatic rings. The van der Waals surface area contributed by atoms with Crippen molar-refractivity contribution in [3.8, 4) is 0 Å². The highest BCUT2D eigenvalue weighted by molar-refractivity contribution is 7.89. The molecule has 0 unspecified atom stereocenters. The van der Waals surface area contributed by atoms with Gasteiger partial charge in [-0.1, -0.05) is 23.8 Å². The Labute approximate surface area is 120 Å². The second-order valence-corrected chi connectivity index (χ2v) is 7.39. The zero-order valence-electron chi connectivity index (χ0n) is 11.6. The smallest absolute Gasteiger partial charge is 0.262 e. The van der Waals surface area contributed by atoms with Crippen molar-refractivity contribution in [2.24, 2.45) is 0 Å². The van der Waals surface area contributed by atoms with Crippen LogP contribution in [0.3, 0.4) is 0 Å². The number of fused-ring (bicyclic) bond motifs is 1. The van der Waals surface area contributed by atoms with Crippen LogP contribution in [0.15, 0.2) is 23.1 Å². The van der Waals surface area contributed by atoms with Crippen molar-refractivity contribution in [2.75, 3.05) is 0 Å². The first kappa shape index (κ1) is 14.0. The first-order valence-electron chi connectivity index (χ1n) is 7.44. The molecule has 1 saturated carbocycles. The van der Waals surface area contributed by atoms with Gasteiger partial charge in [0.2, 0.25) is 0 Å². The molecule has 0 bridgehead atoms. The van der Waals surface area contributed by atoms with E-state index in [1.54, 1.807) is 12.1 Å². The van der Waals surface area contributed by atoms with E-state index in [1.807, 2.05) is 6.07 Å². The Morgan fingerprint density at radius 2 is 1.70 bits per heavy atom. The molecule has 0 heterocycles. The molecule has 5 heteroatoms. The van der Waals surface area contributed by atoms with Gasteiger partial charge in [0.1, 0.15) is 0 Å². The zero-order chi connectivity index (χ0) is 14.0. The lowest BCUT2D eigenvalue weighted by atomic mass is 9.92. The highest BCUT2D eigenvalue weighted by Crippen LogP contribution is 2.25. The fourth-order valence-corrected chi connectivity index (χ4v) is 3.97. The van der Waals surface area contributed by atoms with Gasteiger partial charge in [0.25, 0.3) is 10.0 Å². The van der Waals surface area contributed by atoms with Gasteiger partial charge in [-0.3, -0.25) is 4.84 Å². The normalized spacial score (nSPS) is 20.0. The van der Waals surface area contributed by atoms with Crippen LogP contribution in [0.25, 0.3) is 0 Å². The van der Waals surface area contributed by atoms with Crippen LogP contribution in [0, 0.1) is 0 Å². The molecule has 0 aliphatic heterocycles. The first-order chi connectivity index (χ1) is 9.65. The van der Waals surface area contributed by atoms with Crippen molar-refractivity contribution in [3.63, 3.8) is 0 Å². The van der Waals surface area contributed by atoms with E-state index >= 15 is 0 Å². The summed E-state index contributed by atoms with van der Waals surface area (Å²) in [7, 11) is -3.55. The van der Waals surface area contributed by atoms with Crippen LogP contribution in [0.2, 0.25) is 0 Å².